The summed E-state index contributed by atoms with van der Waals surface area (Å²) < 4.78 is 0. The highest BCUT2D eigenvalue weighted by Gasteiger charge is 2.38. The zero-order valence-electron chi connectivity index (χ0n) is 5.92. The maximum atomic E-state index is 10.7. The standard InChI is InChI=1S/C6H10N3O2/c7-5(9-11)4(6(8)10)3-1-2-3/h3,11H,1-2H2,(H2,7,9)(H2,8,10). The average Bonchev–Trinajstić information content (AvgIpc) is 2.71. The molecule has 0 bridgehead atoms. The van der Waals surface area contributed by atoms with E-state index in [1.807, 2.05) is 0 Å². The Labute approximate surface area is 64.0 Å². The molecule has 0 aliphatic heterocycles. The van der Waals surface area contributed by atoms with Gasteiger partial charge in [-0.3, -0.25) is 20.9 Å². The summed E-state index contributed by atoms with van der Waals surface area (Å²) in [6.45, 7) is 0. The monoisotopic (exact) mass is 156 g/mol. The number of amidine groups is 1. The van der Waals surface area contributed by atoms with Gasteiger partial charge in [-0.2, -0.15) is 0 Å². The number of nitrogens with one attached hydrogen (secondary N) is 2. The Kier molecular flexibility index (Phi) is 2.09. The van der Waals surface area contributed by atoms with Crippen LogP contribution < -0.4 is 11.2 Å². The minimum absolute atomic E-state index is 0.0830. The highest BCUT2D eigenvalue weighted by Crippen LogP contribution is 2.38. The van der Waals surface area contributed by atoms with Crippen LogP contribution in [0.25, 0.3) is 0 Å². The molecule has 0 aromatic rings. The first-order chi connectivity index (χ1) is 5.16. The van der Waals surface area contributed by atoms with Gasteiger partial charge in [0.25, 0.3) is 0 Å². The Hall–Kier alpha value is -1.10. The summed E-state index contributed by atoms with van der Waals surface area (Å²) in [6, 6.07) is 0. The zero-order chi connectivity index (χ0) is 8.43. The summed E-state index contributed by atoms with van der Waals surface area (Å²) in [5.74, 6) is -0.619. The molecule has 0 unspecified atom stereocenters. The second-order valence-corrected chi connectivity index (χ2v) is 2.54. The molecule has 1 amide bonds. The minimum Gasteiger partial charge on any atom is -0.369 e. The van der Waals surface area contributed by atoms with Gasteiger partial charge < -0.3 is 5.73 Å². The Morgan fingerprint density at radius 1 is 1.64 bits per heavy atom. The van der Waals surface area contributed by atoms with Crippen molar-refractivity contribution in [2.75, 3.05) is 0 Å². The van der Waals surface area contributed by atoms with E-state index in [-0.39, 0.29) is 17.7 Å². The first kappa shape index (κ1) is 8.00. The van der Waals surface area contributed by atoms with E-state index in [2.05, 4.69) is 0 Å². The van der Waals surface area contributed by atoms with E-state index in [0.717, 1.165) is 12.8 Å². The molecular weight excluding hydrogens is 146 g/mol. The number of primary amides is 1. The number of nitrogens with two attached hydrogens (primary N) is 1. The van der Waals surface area contributed by atoms with Gasteiger partial charge >= 0.3 is 0 Å². The van der Waals surface area contributed by atoms with Crippen molar-refractivity contribution in [3.63, 3.8) is 0 Å². The van der Waals surface area contributed by atoms with E-state index in [0.29, 0.717) is 0 Å². The van der Waals surface area contributed by atoms with Crippen LogP contribution in [0.1, 0.15) is 12.8 Å². The third-order valence-corrected chi connectivity index (χ3v) is 1.63. The molecule has 5 heteroatoms. The lowest BCUT2D eigenvalue weighted by atomic mass is 10.0. The highest BCUT2D eigenvalue weighted by atomic mass is 16.5. The smallest absolute Gasteiger partial charge is 0.233 e. The number of hydrogen-bond donors (Lipinski definition) is 4. The summed E-state index contributed by atoms with van der Waals surface area (Å²) >= 11 is 0. The highest BCUT2D eigenvalue weighted by molar-refractivity contribution is 6.15. The topological polar surface area (TPSA) is 99.2 Å². The lowest BCUT2D eigenvalue weighted by Crippen LogP contribution is -2.36. The third-order valence-electron chi connectivity index (χ3n) is 1.63. The molecule has 11 heavy (non-hydrogen) atoms. The van der Waals surface area contributed by atoms with Gasteiger partial charge in [0, 0.05) is 0 Å². The number of carbonyl (C=O) groups excluding carboxylic acids is 1. The number of hydroxylamine groups is 1. The largest absolute Gasteiger partial charge is 0.369 e. The molecular formula is C6H10N3O2. The van der Waals surface area contributed by atoms with E-state index >= 15 is 0 Å². The summed E-state index contributed by atoms with van der Waals surface area (Å²) in [5.41, 5.74) is 6.60. The molecule has 0 aromatic heterocycles. The van der Waals surface area contributed by atoms with Gasteiger partial charge in [-0.05, 0) is 18.8 Å². The lowest BCUT2D eigenvalue weighted by Gasteiger charge is -2.10. The summed E-state index contributed by atoms with van der Waals surface area (Å²) in [4.78, 5) is 10.7. The number of rotatable bonds is 3. The fourth-order valence-electron chi connectivity index (χ4n) is 0.961. The Morgan fingerprint density at radius 3 is 2.45 bits per heavy atom. The Balaban J connectivity index is 2.58. The molecule has 5 nitrogen and oxygen atoms in total. The maximum absolute atomic E-state index is 10.7. The molecule has 1 radical (unpaired) electrons. The van der Waals surface area contributed by atoms with Gasteiger partial charge in [-0.25, -0.2) is 0 Å². The number of amides is 1. The summed E-state index contributed by atoms with van der Waals surface area (Å²) in [6.07, 6.45) is 1.75. The fraction of sp³-hybridized carbons (Fsp3) is 0.500. The predicted molar refractivity (Wildman–Crippen MR) is 37.8 cm³/mol. The van der Waals surface area contributed by atoms with E-state index in [4.69, 9.17) is 16.4 Å². The quantitative estimate of drug-likeness (QED) is 0.250. The van der Waals surface area contributed by atoms with Crippen LogP contribution in [0.3, 0.4) is 0 Å². The molecule has 61 valence electrons. The van der Waals surface area contributed by atoms with Crippen LogP contribution in [0.15, 0.2) is 0 Å². The van der Waals surface area contributed by atoms with Crippen LogP contribution in [0.2, 0.25) is 0 Å². The first-order valence-electron chi connectivity index (χ1n) is 3.32. The van der Waals surface area contributed by atoms with Crippen molar-refractivity contribution in [2.45, 2.75) is 12.8 Å². The Bertz CT molecular complexity index is 188. The Morgan fingerprint density at radius 2 is 2.18 bits per heavy atom. The molecule has 0 aromatic carbocycles. The molecule has 0 atom stereocenters. The van der Waals surface area contributed by atoms with Crippen molar-refractivity contribution < 1.29 is 10.0 Å². The molecule has 0 heterocycles. The minimum atomic E-state index is -0.626. The first-order valence-corrected chi connectivity index (χ1v) is 3.32. The second kappa shape index (κ2) is 2.87. The van der Waals surface area contributed by atoms with Gasteiger partial charge in [0.2, 0.25) is 5.91 Å². The summed E-state index contributed by atoms with van der Waals surface area (Å²) in [5, 5.41) is 15.4. The predicted octanol–water partition coefficient (Wildman–Crippen LogP) is -0.588. The van der Waals surface area contributed by atoms with E-state index in [1.54, 1.807) is 5.48 Å². The van der Waals surface area contributed by atoms with Gasteiger partial charge in [-0.15, -0.1) is 0 Å². The molecule has 5 N–H and O–H groups in total. The zero-order valence-corrected chi connectivity index (χ0v) is 5.92. The van der Waals surface area contributed by atoms with Crippen LogP contribution in [0, 0.1) is 17.2 Å². The van der Waals surface area contributed by atoms with Crippen LogP contribution >= 0.6 is 0 Å². The van der Waals surface area contributed by atoms with Crippen molar-refractivity contribution in [2.24, 2.45) is 11.7 Å². The second-order valence-electron chi connectivity index (χ2n) is 2.54. The fourth-order valence-corrected chi connectivity index (χ4v) is 0.961. The van der Waals surface area contributed by atoms with Crippen molar-refractivity contribution >= 4 is 11.7 Å². The normalized spacial score (nSPS) is 16.5. The third kappa shape index (κ3) is 1.68. The molecule has 0 spiro atoms. The molecule has 1 aliphatic rings. The van der Waals surface area contributed by atoms with Crippen LogP contribution in [-0.4, -0.2) is 17.0 Å². The molecule has 0 saturated heterocycles. The van der Waals surface area contributed by atoms with Crippen molar-refractivity contribution in [3.8, 4) is 0 Å². The molecule has 1 saturated carbocycles. The van der Waals surface area contributed by atoms with Crippen molar-refractivity contribution in [3.05, 3.63) is 5.92 Å². The van der Waals surface area contributed by atoms with E-state index in [1.165, 1.54) is 0 Å². The van der Waals surface area contributed by atoms with Gasteiger partial charge in [0.15, 0.2) is 0 Å². The molecule has 1 rings (SSSR count). The SMILES string of the molecule is N=C(NO)[C](C(N)=O)C1CC1. The van der Waals surface area contributed by atoms with Gasteiger partial charge in [-0.1, -0.05) is 0 Å². The average molecular weight is 156 g/mol. The van der Waals surface area contributed by atoms with Crippen molar-refractivity contribution in [1.29, 1.82) is 5.41 Å². The van der Waals surface area contributed by atoms with Crippen molar-refractivity contribution in [1.82, 2.24) is 5.48 Å². The van der Waals surface area contributed by atoms with Crippen LogP contribution in [0.5, 0.6) is 0 Å². The molecule has 1 aliphatic carbocycles. The lowest BCUT2D eigenvalue weighted by molar-refractivity contribution is -0.116. The number of hydrogen-bond acceptors (Lipinski definition) is 3. The van der Waals surface area contributed by atoms with E-state index < -0.39 is 5.91 Å². The van der Waals surface area contributed by atoms with Crippen LogP contribution in [-0.2, 0) is 4.79 Å². The van der Waals surface area contributed by atoms with Gasteiger partial charge in [0.05, 0.1) is 0 Å². The van der Waals surface area contributed by atoms with Gasteiger partial charge in [0.1, 0.15) is 11.8 Å². The molecule has 1 fully saturated rings. The van der Waals surface area contributed by atoms with E-state index in [9.17, 15) is 4.79 Å². The maximum Gasteiger partial charge on any atom is 0.233 e. The number of carbonyl (C=O) groups is 1. The summed E-state index contributed by atoms with van der Waals surface area (Å²) in [7, 11) is 0. The van der Waals surface area contributed by atoms with Crippen LogP contribution in [0.4, 0.5) is 0 Å².